The zero-order chi connectivity index (χ0) is 23.3. The summed E-state index contributed by atoms with van der Waals surface area (Å²) in [6.07, 6.45) is 5.14. The minimum Gasteiger partial charge on any atom is -0.352 e. The molecule has 2 N–H and O–H groups in total. The number of aryl methyl sites for hydroxylation is 2. The average molecular weight is 453 g/mol. The van der Waals surface area contributed by atoms with Crippen LogP contribution in [0.5, 0.6) is 0 Å². The molecule has 0 aliphatic heterocycles. The molecule has 8 heteroatoms. The number of sulfonamides is 1. The molecule has 168 valence electrons. The molecule has 0 spiro atoms. The van der Waals surface area contributed by atoms with Gasteiger partial charge in [-0.15, -0.1) is 0 Å². The van der Waals surface area contributed by atoms with Crippen molar-refractivity contribution in [3.63, 3.8) is 0 Å². The van der Waals surface area contributed by atoms with Gasteiger partial charge in [-0.2, -0.15) is 0 Å². The lowest BCUT2D eigenvalue weighted by Gasteiger charge is -2.16. The number of aromatic nitrogens is 2. The van der Waals surface area contributed by atoms with Crippen molar-refractivity contribution in [1.82, 2.24) is 20.0 Å². The van der Waals surface area contributed by atoms with E-state index in [2.05, 4.69) is 20.0 Å². The fourth-order valence-electron chi connectivity index (χ4n) is 3.58. The lowest BCUT2D eigenvalue weighted by Crippen LogP contribution is -2.31. The number of hydrogen-bond donors (Lipinski definition) is 2. The second kappa shape index (κ2) is 10.0. The van der Waals surface area contributed by atoms with Gasteiger partial charge in [0.1, 0.15) is 0 Å². The highest BCUT2D eigenvalue weighted by Gasteiger charge is 2.22. The van der Waals surface area contributed by atoms with Crippen LogP contribution >= 0.6 is 0 Å². The standard InChI is InChI=1S/C24H28N4O3S/c1-16-13-17(2)19(4)24(18(16)3)32(30,31)28-12-9-22(29)27-15-21-8-6-11-26-23(21)20-7-5-10-25-14-20/h5-8,10-11,13-14,28H,9,12,15H2,1-4H3,(H,27,29). The summed E-state index contributed by atoms with van der Waals surface area (Å²) in [6.45, 7) is 7.70. The molecule has 0 atom stereocenters. The molecule has 32 heavy (non-hydrogen) atoms. The van der Waals surface area contributed by atoms with E-state index < -0.39 is 10.0 Å². The third kappa shape index (κ3) is 5.38. The van der Waals surface area contributed by atoms with Crippen LogP contribution in [0.2, 0.25) is 0 Å². The maximum Gasteiger partial charge on any atom is 0.241 e. The van der Waals surface area contributed by atoms with E-state index in [1.165, 1.54) is 0 Å². The van der Waals surface area contributed by atoms with Crippen LogP contribution in [0.25, 0.3) is 11.3 Å². The molecule has 2 heterocycles. The molecule has 3 rings (SSSR count). The number of carbonyl (C=O) groups is 1. The van der Waals surface area contributed by atoms with Crippen molar-refractivity contribution in [3.05, 3.63) is 76.7 Å². The number of rotatable bonds is 8. The molecular formula is C24H28N4O3S. The van der Waals surface area contributed by atoms with E-state index in [1.54, 1.807) is 32.4 Å². The fraction of sp³-hybridized carbons (Fsp3) is 0.292. The first-order valence-electron chi connectivity index (χ1n) is 10.4. The highest BCUT2D eigenvalue weighted by Crippen LogP contribution is 2.26. The smallest absolute Gasteiger partial charge is 0.241 e. The van der Waals surface area contributed by atoms with Crippen LogP contribution in [0.15, 0.2) is 53.8 Å². The van der Waals surface area contributed by atoms with Gasteiger partial charge in [-0.25, -0.2) is 13.1 Å². The molecule has 0 aliphatic carbocycles. The summed E-state index contributed by atoms with van der Waals surface area (Å²) in [6, 6.07) is 9.42. The van der Waals surface area contributed by atoms with Crippen LogP contribution < -0.4 is 10.0 Å². The zero-order valence-corrected chi connectivity index (χ0v) is 19.6. The van der Waals surface area contributed by atoms with Crippen molar-refractivity contribution in [1.29, 1.82) is 0 Å². The Morgan fingerprint density at radius 2 is 1.69 bits per heavy atom. The minimum absolute atomic E-state index is 0.0164. The molecule has 0 saturated carbocycles. The van der Waals surface area contributed by atoms with E-state index in [1.807, 2.05) is 44.2 Å². The van der Waals surface area contributed by atoms with E-state index in [4.69, 9.17) is 0 Å². The van der Waals surface area contributed by atoms with Gasteiger partial charge < -0.3 is 5.32 Å². The molecule has 0 radical (unpaired) electrons. The van der Waals surface area contributed by atoms with Gasteiger partial charge in [0.2, 0.25) is 15.9 Å². The van der Waals surface area contributed by atoms with Crippen LogP contribution in [-0.4, -0.2) is 30.8 Å². The normalized spacial score (nSPS) is 11.4. The predicted molar refractivity (Wildman–Crippen MR) is 125 cm³/mol. The fourth-order valence-corrected chi connectivity index (χ4v) is 5.22. The second-order valence-corrected chi connectivity index (χ2v) is 9.47. The average Bonchev–Trinajstić information content (AvgIpc) is 2.77. The summed E-state index contributed by atoms with van der Waals surface area (Å²) in [5.41, 5.74) is 5.77. The molecule has 7 nitrogen and oxygen atoms in total. The molecule has 0 saturated heterocycles. The first-order valence-corrected chi connectivity index (χ1v) is 11.9. The number of nitrogens with one attached hydrogen (secondary N) is 2. The topological polar surface area (TPSA) is 101 Å². The third-order valence-electron chi connectivity index (χ3n) is 5.51. The summed E-state index contributed by atoms with van der Waals surface area (Å²) in [5.74, 6) is -0.248. The number of hydrogen-bond acceptors (Lipinski definition) is 5. The van der Waals surface area contributed by atoms with Crippen LogP contribution in [-0.2, 0) is 21.4 Å². The van der Waals surface area contributed by atoms with Gasteiger partial charge in [0.05, 0.1) is 10.6 Å². The summed E-state index contributed by atoms with van der Waals surface area (Å²) >= 11 is 0. The largest absolute Gasteiger partial charge is 0.352 e. The Morgan fingerprint density at radius 1 is 1.00 bits per heavy atom. The van der Waals surface area contributed by atoms with Crippen LogP contribution in [0.1, 0.15) is 34.2 Å². The van der Waals surface area contributed by atoms with Gasteiger partial charge >= 0.3 is 0 Å². The maximum atomic E-state index is 12.9. The Kier molecular flexibility index (Phi) is 7.37. The SMILES string of the molecule is Cc1cc(C)c(C)c(S(=O)(=O)NCCC(=O)NCc2cccnc2-c2cccnc2)c1C. The van der Waals surface area contributed by atoms with Gasteiger partial charge in [0.25, 0.3) is 0 Å². The van der Waals surface area contributed by atoms with Gasteiger partial charge in [-0.3, -0.25) is 14.8 Å². The van der Waals surface area contributed by atoms with E-state index in [0.717, 1.165) is 39.1 Å². The van der Waals surface area contributed by atoms with Gasteiger partial charge in [0, 0.05) is 43.7 Å². The first-order chi connectivity index (χ1) is 15.2. The minimum atomic E-state index is -3.72. The van der Waals surface area contributed by atoms with Crippen molar-refractivity contribution in [3.8, 4) is 11.3 Å². The summed E-state index contributed by atoms with van der Waals surface area (Å²) < 4.78 is 28.3. The van der Waals surface area contributed by atoms with E-state index in [0.29, 0.717) is 11.4 Å². The Hall–Kier alpha value is -3.10. The van der Waals surface area contributed by atoms with Gasteiger partial charge in [-0.1, -0.05) is 12.1 Å². The maximum absolute atomic E-state index is 12.9. The van der Waals surface area contributed by atoms with Crippen molar-refractivity contribution < 1.29 is 13.2 Å². The molecule has 1 amide bonds. The zero-order valence-electron chi connectivity index (χ0n) is 18.8. The van der Waals surface area contributed by atoms with Crippen molar-refractivity contribution in [2.24, 2.45) is 0 Å². The van der Waals surface area contributed by atoms with E-state index in [-0.39, 0.29) is 18.9 Å². The third-order valence-corrected chi connectivity index (χ3v) is 7.25. The number of nitrogens with zero attached hydrogens (tertiary/aromatic N) is 2. The summed E-state index contributed by atoms with van der Waals surface area (Å²) in [4.78, 5) is 21.2. The second-order valence-electron chi connectivity index (χ2n) is 7.77. The van der Waals surface area contributed by atoms with Crippen LogP contribution in [0.3, 0.4) is 0 Å². The van der Waals surface area contributed by atoms with Crippen molar-refractivity contribution >= 4 is 15.9 Å². The Bertz CT molecular complexity index is 1200. The molecular weight excluding hydrogens is 424 g/mol. The molecule has 1 aromatic carbocycles. The molecule has 3 aromatic rings. The van der Waals surface area contributed by atoms with Crippen LogP contribution in [0.4, 0.5) is 0 Å². The van der Waals surface area contributed by atoms with Crippen LogP contribution in [0, 0.1) is 27.7 Å². The summed E-state index contributed by atoms with van der Waals surface area (Å²) in [7, 11) is -3.72. The van der Waals surface area contributed by atoms with Crippen molar-refractivity contribution in [2.75, 3.05) is 6.54 Å². The van der Waals surface area contributed by atoms with E-state index >= 15 is 0 Å². The molecule has 0 aliphatic rings. The molecule has 0 fully saturated rings. The number of amides is 1. The quantitative estimate of drug-likeness (QED) is 0.546. The Morgan fingerprint density at radius 3 is 2.34 bits per heavy atom. The lowest BCUT2D eigenvalue weighted by molar-refractivity contribution is -0.121. The van der Waals surface area contributed by atoms with Crippen molar-refractivity contribution in [2.45, 2.75) is 45.6 Å². The number of pyridine rings is 2. The Labute approximate surface area is 189 Å². The monoisotopic (exact) mass is 452 g/mol. The molecule has 2 aromatic heterocycles. The predicted octanol–water partition coefficient (Wildman–Crippen LogP) is 3.36. The van der Waals surface area contributed by atoms with Gasteiger partial charge in [-0.05, 0) is 73.7 Å². The Balaban J connectivity index is 1.60. The van der Waals surface area contributed by atoms with Gasteiger partial charge in [0.15, 0.2) is 0 Å². The van der Waals surface area contributed by atoms with E-state index in [9.17, 15) is 13.2 Å². The summed E-state index contributed by atoms with van der Waals surface area (Å²) in [5, 5.41) is 2.84. The lowest BCUT2D eigenvalue weighted by atomic mass is 10.0. The highest BCUT2D eigenvalue weighted by atomic mass is 32.2. The molecule has 0 unspecified atom stereocenters. The molecule has 0 bridgehead atoms. The number of benzene rings is 1. The number of carbonyl (C=O) groups excluding carboxylic acids is 1. The highest BCUT2D eigenvalue weighted by molar-refractivity contribution is 7.89. The first kappa shape index (κ1) is 23.6.